The van der Waals surface area contributed by atoms with Crippen molar-refractivity contribution in [3.63, 3.8) is 0 Å². The molecule has 0 fully saturated rings. The van der Waals surface area contributed by atoms with Crippen LogP contribution >= 0.6 is 23.1 Å². The molecular weight excluding hydrogens is 250 g/mol. The Kier molecular flexibility index (Phi) is 5.30. The van der Waals surface area contributed by atoms with E-state index in [4.69, 9.17) is 10.2 Å². The van der Waals surface area contributed by atoms with Crippen LogP contribution in [0.3, 0.4) is 0 Å². The van der Waals surface area contributed by atoms with Crippen LogP contribution in [0.1, 0.15) is 0 Å². The first kappa shape index (κ1) is 13.0. The van der Waals surface area contributed by atoms with Crippen molar-refractivity contribution >= 4 is 35.0 Å². The lowest BCUT2D eigenvalue weighted by Crippen LogP contribution is -2.37. The van der Waals surface area contributed by atoms with Crippen LogP contribution in [-0.4, -0.2) is 40.5 Å². The molecule has 0 spiro atoms. The van der Waals surface area contributed by atoms with Gasteiger partial charge in [0.2, 0.25) is 5.91 Å². The Morgan fingerprint density at radius 2 is 2.31 bits per heavy atom. The smallest absolute Gasteiger partial charge is 0.334 e. The molecule has 1 aromatic rings. The molecule has 16 heavy (non-hydrogen) atoms. The lowest BCUT2D eigenvalue weighted by Gasteiger charge is -2.06. The summed E-state index contributed by atoms with van der Waals surface area (Å²) in [6.07, 6.45) is -1.55. The van der Waals surface area contributed by atoms with Gasteiger partial charge in [-0.15, -0.1) is 23.1 Å². The van der Waals surface area contributed by atoms with Gasteiger partial charge in [0.1, 0.15) is 0 Å². The van der Waals surface area contributed by atoms with Gasteiger partial charge in [-0.1, -0.05) is 6.07 Å². The maximum absolute atomic E-state index is 11.2. The third-order valence-corrected chi connectivity index (χ3v) is 3.75. The van der Waals surface area contributed by atoms with E-state index in [1.165, 1.54) is 23.1 Å². The Morgan fingerprint density at radius 3 is 2.88 bits per heavy atom. The van der Waals surface area contributed by atoms with Crippen LogP contribution in [0.4, 0.5) is 0 Å². The van der Waals surface area contributed by atoms with E-state index in [1.807, 2.05) is 17.5 Å². The van der Waals surface area contributed by atoms with Crippen molar-refractivity contribution < 1.29 is 19.8 Å². The normalized spacial score (nSPS) is 12.1. The lowest BCUT2D eigenvalue weighted by molar-refractivity contribution is -0.146. The second kappa shape index (κ2) is 6.51. The van der Waals surface area contributed by atoms with Gasteiger partial charge in [-0.3, -0.25) is 4.79 Å². The largest absolute Gasteiger partial charge is 0.479 e. The fourth-order valence-electron chi connectivity index (χ4n) is 0.831. The number of amides is 1. The standard InChI is InChI=1S/C9H11NO4S2/c11-6(9(13)14)4-10-7(12)5-16-8-2-1-3-15-8/h1-3,6,11H,4-5H2,(H,10,12)(H,13,14)/t6-/m0/s1. The second-order valence-corrected chi connectivity index (χ2v) is 5.10. The molecule has 1 heterocycles. The molecule has 1 rings (SSSR count). The molecule has 1 atom stereocenters. The summed E-state index contributed by atoms with van der Waals surface area (Å²) in [5, 5.41) is 21.5. The number of rotatable bonds is 6. The number of nitrogens with one attached hydrogen (secondary N) is 1. The Labute approximate surface area is 100 Å². The summed E-state index contributed by atoms with van der Waals surface area (Å²) in [4.78, 5) is 21.5. The molecule has 5 nitrogen and oxygen atoms in total. The molecule has 0 saturated heterocycles. The van der Waals surface area contributed by atoms with E-state index < -0.39 is 12.1 Å². The minimum Gasteiger partial charge on any atom is -0.479 e. The van der Waals surface area contributed by atoms with Crippen LogP contribution < -0.4 is 5.32 Å². The highest BCUT2D eigenvalue weighted by molar-refractivity contribution is 8.01. The predicted octanol–water partition coefficient (Wildman–Crippen LogP) is 0.402. The number of hydrogen-bond acceptors (Lipinski definition) is 5. The molecule has 0 radical (unpaired) electrons. The summed E-state index contributed by atoms with van der Waals surface area (Å²) >= 11 is 2.91. The summed E-state index contributed by atoms with van der Waals surface area (Å²) in [5.41, 5.74) is 0. The molecular formula is C9H11NO4S2. The van der Waals surface area contributed by atoms with E-state index in [9.17, 15) is 9.59 Å². The van der Waals surface area contributed by atoms with Crippen molar-refractivity contribution in [2.75, 3.05) is 12.3 Å². The van der Waals surface area contributed by atoms with Gasteiger partial charge in [-0.2, -0.15) is 0 Å². The van der Waals surface area contributed by atoms with E-state index >= 15 is 0 Å². The third kappa shape index (κ3) is 4.65. The third-order valence-electron chi connectivity index (χ3n) is 1.62. The average Bonchev–Trinajstić information content (AvgIpc) is 2.75. The van der Waals surface area contributed by atoms with Gasteiger partial charge in [-0.05, 0) is 11.4 Å². The van der Waals surface area contributed by atoms with Gasteiger partial charge >= 0.3 is 5.97 Å². The van der Waals surface area contributed by atoms with E-state index in [0.717, 1.165) is 4.21 Å². The Balaban J connectivity index is 2.19. The first-order valence-corrected chi connectivity index (χ1v) is 6.30. The number of carboxylic acids is 1. The van der Waals surface area contributed by atoms with Crippen molar-refractivity contribution in [1.82, 2.24) is 5.32 Å². The SMILES string of the molecule is O=C(CSc1cccs1)NC[C@H](O)C(=O)O. The molecule has 1 aromatic heterocycles. The van der Waals surface area contributed by atoms with Crippen LogP contribution in [0.25, 0.3) is 0 Å². The maximum atomic E-state index is 11.2. The Morgan fingerprint density at radius 1 is 1.56 bits per heavy atom. The first-order valence-electron chi connectivity index (χ1n) is 4.43. The van der Waals surface area contributed by atoms with Crippen LogP contribution in [0.2, 0.25) is 0 Å². The summed E-state index contributed by atoms with van der Waals surface area (Å²) in [5.74, 6) is -1.42. The van der Waals surface area contributed by atoms with E-state index in [1.54, 1.807) is 0 Å². The molecule has 0 saturated carbocycles. The highest BCUT2D eigenvalue weighted by atomic mass is 32.2. The number of thioether (sulfide) groups is 1. The molecule has 0 aromatic carbocycles. The first-order chi connectivity index (χ1) is 7.59. The van der Waals surface area contributed by atoms with Crippen LogP contribution in [-0.2, 0) is 9.59 Å². The van der Waals surface area contributed by atoms with Crippen molar-refractivity contribution in [3.05, 3.63) is 17.5 Å². The van der Waals surface area contributed by atoms with Crippen molar-refractivity contribution in [3.8, 4) is 0 Å². The lowest BCUT2D eigenvalue weighted by atomic mass is 10.3. The molecule has 0 bridgehead atoms. The zero-order valence-corrected chi connectivity index (χ0v) is 9.88. The topological polar surface area (TPSA) is 86.6 Å². The zero-order valence-electron chi connectivity index (χ0n) is 8.25. The quantitative estimate of drug-likeness (QED) is 0.645. The predicted molar refractivity (Wildman–Crippen MR) is 61.7 cm³/mol. The van der Waals surface area contributed by atoms with Gasteiger partial charge in [0.25, 0.3) is 0 Å². The number of carbonyl (C=O) groups is 2. The van der Waals surface area contributed by atoms with Crippen molar-refractivity contribution in [1.29, 1.82) is 0 Å². The van der Waals surface area contributed by atoms with Gasteiger partial charge in [-0.25, -0.2) is 4.79 Å². The zero-order chi connectivity index (χ0) is 12.0. The van der Waals surface area contributed by atoms with E-state index in [2.05, 4.69) is 5.32 Å². The number of hydrogen-bond donors (Lipinski definition) is 3. The van der Waals surface area contributed by atoms with Gasteiger partial charge < -0.3 is 15.5 Å². The highest BCUT2D eigenvalue weighted by Gasteiger charge is 2.13. The number of aliphatic hydroxyl groups excluding tert-OH is 1. The van der Waals surface area contributed by atoms with Crippen molar-refractivity contribution in [2.45, 2.75) is 10.3 Å². The molecule has 7 heteroatoms. The van der Waals surface area contributed by atoms with Crippen LogP contribution in [0.5, 0.6) is 0 Å². The summed E-state index contributed by atoms with van der Waals surface area (Å²) < 4.78 is 1.02. The monoisotopic (exact) mass is 261 g/mol. The van der Waals surface area contributed by atoms with E-state index in [-0.39, 0.29) is 18.2 Å². The molecule has 0 aliphatic carbocycles. The van der Waals surface area contributed by atoms with Crippen LogP contribution in [0, 0.1) is 0 Å². The molecule has 0 aliphatic heterocycles. The molecule has 3 N–H and O–H groups in total. The minimum atomic E-state index is -1.55. The maximum Gasteiger partial charge on any atom is 0.334 e. The molecule has 1 amide bonds. The number of carbonyl (C=O) groups excluding carboxylic acids is 1. The van der Waals surface area contributed by atoms with Gasteiger partial charge in [0.15, 0.2) is 6.10 Å². The van der Waals surface area contributed by atoms with E-state index in [0.29, 0.717) is 0 Å². The van der Waals surface area contributed by atoms with Crippen LogP contribution in [0.15, 0.2) is 21.7 Å². The fraction of sp³-hybridized carbons (Fsp3) is 0.333. The molecule has 0 unspecified atom stereocenters. The van der Waals surface area contributed by atoms with Gasteiger partial charge in [0.05, 0.1) is 16.5 Å². The average molecular weight is 261 g/mol. The minimum absolute atomic E-state index is 0.215. The van der Waals surface area contributed by atoms with Gasteiger partial charge in [0, 0.05) is 0 Å². The Bertz CT molecular complexity index is 352. The number of aliphatic carboxylic acids is 1. The fourth-order valence-corrected chi connectivity index (χ4v) is 2.45. The second-order valence-electron chi connectivity index (χ2n) is 2.88. The summed E-state index contributed by atoms with van der Waals surface area (Å²) in [7, 11) is 0. The molecule has 0 aliphatic rings. The highest BCUT2D eigenvalue weighted by Crippen LogP contribution is 2.22. The number of aliphatic hydroxyl groups is 1. The van der Waals surface area contributed by atoms with Crippen molar-refractivity contribution in [2.24, 2.45) is 0 Å². The molecule has 88 valence electrons. The summed E-state index contributed by atoms with van der Waals surface area (Å²) in [6, 6.07) is 3.79. The summed E-state index contributed by atoms with van der Waals surface area (Å²) in [6.45, 7) is -0.265. The Hall–Kier alpha value is -1.05. The number of thiophene rings is 1. The number of carboxylic acid groups (broad SMARTS) is 1.